The van der Waals surface area contributed by atoms with Crippen LogP contribution in [-0.4, -0.2) is 41.3 Å². The first-order valence-electron chi connectivity index (χ1n) is 9.24. The van der Waals surface area contributed by atoms with Crippen molar-refractivity contribution in [3.8, 4) is 0 Å². The second kappa shape index (κ2) is 10.0. The monoisotopic (exact) mass is 438 g/mol. The number of hydrogen-bond donors (Lipinski definition) is 2. The summed E-state index contributed by atoms with van der Waals surface area (Å²) in [6.07, 6.45) is -4.62. The van der Waals surface area contributed by atoms with Crippen LogP contribution in [0.4, 0.5) is 30.2 Å². The van der Waals surface area contributed by atoms with Gasteiger partial charge in [-0.3, -0.25) is 24.6 Å². The molecule has 0 aliphatic rings. The number of anilines is 2. The molecule has 2 aromatic carbocycles. The molecule has 2 N–H and O–H groups in total. The Labute approximate surface area is 176 Å². The van der Waals surface area contributed by atoms with Gasteiger partial charge in [-0.05, 0) is 31.2 Å². The summed E-state index contributed by atoms with van der Waals surface area (Å²) < 4.78 is 39.2. The lowest BCUT2D eigenvalue weighted by Gasteiger charge is -2.20. The molecule has 0 fully saturated rings. The van der Waals surface area contributed by atoms with Crippen molar-refractivity contribution in [2.24, 2.45) is 0 Å². The van der Waals surface area contributed by atoms with Gasteiger partial charge < -0.3 is 10.6 Å². The van der Waals surface area contributed by atoms with Crippen LogP contribution in [0.5, 0.6) is 0 Å². The van der Waals surface area contributed by atoms with Gasteiger partial charge in [-0.2, -0.15) is 13.2 Å². The minimum Gasteiger partial charge on any atom is -0.324 e. The van der Waals surface area contributed by atoms with Crippen molar-refractivity contribution in [2.45, 2.75) is 20.0 Å². The zero-order chi connectivity index (χ0) is 23.2. The first-order chi connectivity index (χ1) is 14.5. The van der Waals surface area contributed by atoms with Crippen molar-refractivity contribution >= 4 is 28.9 Å². The molecule has 0 aliphatic heterocycles. The SMILES string of the molecule is CCN(CC(=O)Nc1cc([N+](=O)[O-])ccc1C)CC(=O)Nc1ccccc1C(F)(F)F. The Kier molecular flexibility index (Phi) is 7.70. The summed E-state index contributed by atoms with van der Waals surface area (Å²) in [6, 6.07) is 8.64. The van der Waals surface area contributed by atoms with Crippen molar-refractivity contribution in [1.29, 1.82) is 0 Å². The van der Waals surface area contributed by atoms with Crippen molar-refractivity contribution < 1.29 is 27.7 Å². The van der Waals surface area contributed by atoms with E-state index >= 15 is 0 Å². The number of carbonyl (C=O) groups excluding carboxylic acids is 2. The fraction of sp³-hybridized carbons (Fsp3) is 0.300. The zero-order valence-electron chi connectivity index (χ0n) is 16.8. The molecule has 0 aliphatic carbocycles. The molecule has 11 heteroatoms. The normalized spacial score (nSPS) is 11.3. The van der Waals surface area contributed by atoms with E-state index in [-0.39, 0.29) is 36.7 Å². The van der Waals surface area contributed by atoms with Crippen molar-refractivity contribution in [2.75, 3.05) is 30.3 Å². The summed E-state index contributed by atoms with van der Waals surface area (Å²) in [5.41, 5.74) is -0.642. The molecule has 2 amide bonds. The average Bonchev–Trinajstić information content (AvgIpc) is 2.68. The predicted octanol–water partition coefficient (Wildman–Crippen LogP) is 3.82. The average molecular weight is 438 g/mol. The van der Waals surface area contributed by atoms with Gasteiger partial charge in [0.25, 0.3) is 5.69 Å². The van der Waals surface area contributed by atoms with Gasteiger partial charge in [0.2, 0.25) is 11.8 Å². The van der Waals surface area contributed by atoms with Crippen LogP contribution in [0.1, 0.15) is 18.1 Å². The lowest BCUT2D eigenvalue weighted by molar-refractivity contribution is -0.384. The lowest BCUT2D eigenvalue weighted by Crippen LogP contribution is -2.39. The molecule has 2 aromatic rings. The summed E-state index contributed by atoms with van der Waals surface area (Å²) >= 11 is 0. The van der Waals surface area contributed by atoms with E-state index in [0.717, 1.165) is 12.1 Å². The Bertz CT molecular complexity index is 979. The van der Waals surface area contributed by atoms with E-state index in [1.165, 1.54) is 35.2 Å². The van der Waals surface area contributed by atoms with Gasteiger partial charge in [0.15, 0.2) is 0 Å². The standard InChI is InChI=1S/C20H21F3N4O4/c1-3-26(11-18(28)24-16-7-5-4-6-15(16)20(21,22)23)12-19(29)25-17-10-14(27(30)31)9-8-13(17)2/h4-10H,3,11-12H2,1-2H3,(H,24,28)(H,25,29). The van der Waals surface area contributed by atoms with Crippen LogP contribution in [0.15, 0.2) is 42.5 Å². The number of nitrogens with zero attached hydrogens (tertiary/aromatic N) is 2. The summed E-state index contributed by atoms with van der Waals surface area (Å²) in [4.78, 5) is 36.3. The Balaban J connectivity index is 2.01. The van der Waals surface area contributed by atoms with E-state index in [9.17, 15) is 32.9 Å². The maximum atomic E-state index is 13.1. The largest absolute Gasteiger partial charge is 0.418 e. The molecule has 0 saturated carbocycles. The number of amides is 2. The molecular weight excluding hydrogens is 417 g/mol. The number of non-ortho nitro benzene ring substituents is 1. The molecule has 166 valence electrons. The van der Waals surface area contributed by atoms with Crippen LogP contribution >= 0.6 is 0 Å². The second-order valence-corrected chi connectivity index (χ2v) is 6.70. The van der Waals surface area contributed by atoms with Gasteiger partial charge in [0, 0.05) is 12.1 Å². The third-order valence-corrected chi connectivity index (χ3v) is 4.39. The molecule has 0 atom stereocenters. The molecule has 0 spiro atoms. The second-order valence-electron chi connectivity index (χ2n) is 6.70. The van der Waals surface area contributed by atoms with Crippen molar-refractivity contribution in [1.82, 2.24) is 4.90 Å². The minimum atomic E-state index is -4.62. The number of para-hydroxylation sites is 1. The fourth-order valence-corrected chi connectivity index (χ4v) is 2.76. The maximum Gasteiger partial charge on any atom is 0.418 e. The lowest BCUT2D eigenvalue weighted by atomic mass is 10.1. The third-order valence-electron chi connectivity index (χ3n) is 4.39. The number of nitro benzene ring substituents is 1. The van der Waals surface area contributed by atoms with Crippen molar-refractivity contribution in [3.05, 3.63) is 63.7 Å². The smallest absolute Gasteiger partial charge is 0.324 e. The molecule has 8 nitrogen and oxygen atoms in total. The van der Waals surface area contributed by atoms with Crippen molar-refractivity contribution in [3.63, 3.8) is 0 Å². The van der Waals surface area contributed by atoms with E-state index in [0.29, 0.717) is 5.56 Å². The third kappa shape index (κ3) is 6.78. The quantitative estimate of drug-likeness (QED) is 0.482. The van der Waals surface area contributed by atoms with Crippen LogP contribution in [0.2, 0.25) is 0 Å². The highest BCUT2D eigenvalue weighted by Crippen LogP contribution is 2.34. The number of alkyl halides is 3. The van der Waals surface area contributed by atoms with Gasteiger partial charge in [-0.25, -0.2) is 0 Å². The molecule has 0 aromatic heterocycles. The number of benzene rings is 2. The van der Waals surface area contributed by atoms with Gasteiger partial charge in [-0.1, -0.05) is 25.1 Å². The fourth-order valence-electron chi connectivity index (χ4n) is 2.76. The maximum absolute atomic E-state index is 13.1. The van der Waals surface area contributed by atoms with E-state index in [4.69, 9.17) is 0 Å². The summed E-state index contributed by atoms with van der Waals surface area (Å²) in [6.45, 7) is 3.08. The summed E-state index contributed by atoms with van der Waals surface area (Å²) in [7, 11) is 0. The van der Waals surface area contributed by atoms with Gasteiger partial charge in [-0.15, -0.1) is 0 Å². The number of nitro groups is 1. The first kappa shape index (κ1) is 23.8. The molecule has 31 heavy (non-hydrogen) atoms. The van der Waals surface area contributed by atoms with Crippen LogP contribution in [0, 0.1) is 17.0 Å². The molecule has 0 heterocycles. The number of carbonyl (C=O) groups is 2. The predicted molar refractivity (Wildman–Crippen MR) is 109 cm³/mol. The molecule has 2 rings (SSSR count). The number of nitrogens with one attached hydrogen (secondary N) is 2. The molecule has 0 radical (unpaired) electrons. The minimum absolute atomic E-state index is 0.184. The molecule has 0 saturated heterocycles. The zero-order valence-corrected chi connectivity index (χ0v) is 16.8. The number of likely N-dealkylation sites (N-methyl/N-ethyl adjacent to an activating group) is 1. The van der Waals surface area contributed by atoms with E-state index in [1.807, 2.05) is 0 Å². The van der Waals surface area contributed by atoms with Crippen LogP contribution in [0.25, 0.3) is 0 Å². The van der Waals surface area contributed by atoms with E-state index < -0.39 is 28.5 Å². The molecule has 0 unspecified atom stereocenters. The van der Waals surface area contributed by atoms with Crippen LogP contribution < -0.4 is 10.6 Å². The van der Waals surface area contributed by atoms with E-state index in [1.54, 1.807) is 13.8 Å². The topological polar surface area (TPSA) is 105 Å². The van der Waals surface area contributed by atoms with E-state index in [2.05, 4.69) is 10.6 Å². The Hall–Kier alpha value is -3.47. The van der Waals surface area contributed by atoms with Gasteiger partial charge in [0.1, 0.15) is 0 Å². The highest BCUT2D eigenvalue weighted by atomic mass is 19.4. The summed E-state index contributed by atoms with van der Waals surface area (Å²) in [5.74, 6) is -1.23. The molecular formula is C20H21F3N4O4. The number of hydrogen-bond acceptors (Lipinski definition) is 5. The Morgan fingerprint density at radius 2 is 1.61 bits per heavy atom. The highest BCUT2D eigenvalue weighted by molar-refractivity contribution is 5.95. The first-order valence-corrected chi connectivity index (χ1v) is 9.24. The number of aryl methyl sites for hydroxylation is 1. The van der Waals surface area contributed by atoms with Gasteiger partial charge >= 0.3 is 6.18 Å². The molecule has 0 bridgehead atoms. The Morgan fingerprint density at radius 3 is 2.16 bits per heavy atom. The van der Waals surface area contributed by atoms with Crippen LogP contribution in [-0.2, 0) is 15.8 Å². The number of rotatable bonds is 8. The van der Waals surface area contributed by atoms with Crippen LogP contribution in [0.3, 0.4) is 0 Å². The van der Waals surface area contributed by atoms with Gasteiger partial charge in [0.05, 0.1) is 35.0 Å². The Morgan fingerprint density at radius 1 is 1.03 bits per heavy atom. The number of halogens is 3. The summed E-state index contributed by atoms with van der Waals surface area (Å²) in [5, 5.41) is 15.7. The highest BCUT2D eigenvalue weighted by Gasteiger charge is 2.33.